The lowest BCUT2D eigenvalue weighted by Crippen LogP contribution is -2.23. The van der Waals surface area contributed by atoms with Crippen molar-refractivity contribution in [3.63, 3.8) is 0 Å². The molecular formula is C13H24N2S. The van der Waals surface area contributed by atoms with E-state index < -0.39 is 0 Å². The first kappa shape index (κ1) is 13.7. The van der Waals surface area contributed by atoms with Crippen molar-refractivity contribution in [2.24, 2.45) is 5.92 Å². The van der Waals surface area contributed by atoms with Crippen molar-refractivity contribution in [1.82, 2.24) is 10.3 Å². The lowest BCUT2D eigenvalue weighted by molar-refractivity contribution is 0.371. The summed E-state index contributed by atoms with van der Waals surface area (Å²) in [7, 11) is 0. The molecule has 0 spiro atoms. The Balaban J connectivity index is 2.66. The number of nitrogens with zero attached hydrogens (tertiary/aromatic N) is 1. The Hall–Kier alpha value is -0.410. The zero-order valence-electron chi connectivity index (χ0n) is 10.9. The summed E-state index contributed by atoms with van der Waals surface area (Å²) in [5.74, 6) is 0.811. The van der Waals surface area contributed by atoms with Gasteiger partial charge >= 0.3 is 0 Å². The first-order valence-electron chi connectivity index (χ1n) is 6.36. The summed E-state index contributed by atoms with van der Waals surface area (Å²) in [5, 5.41) is 6.92. The van der Waals surface area contributed by atoms with Crippen molar-refractivity contribution in [2.75, 3.05) is 6.54 Å². The Morgan fingerprint density at radius 2 is 2.00 bits per heavy atom. The third kappa shape index (κ3) is 3.87. The van der Waals surface area contributed by atoms with Crippen LogP contribution in [0.15, 0.2) is 5.38 Å². The molecule has 0 aliphatic rings. The molecule has 1 aromatic heterocycles. The van der Waals surface area contributed by atoms with Crippen LogP contribution in [0.3, 0.4) is 0 Å². The summed E-state index contributed by atoms with van der Waals surface area (Å²) in [5.41, 5.74) is 1.23. The predicted molar refractivity (Wildman–Crippen MR) is 72.0 cm³/mol. The van der Waals surface area contributed by atoms with Crippen molar-refractivity contribution in [2.45, 2.75) is 53.0 Å². The van der Waals surface area contributed by atoms with Crippen LogP contribution in [0.5, 0.6) is 0 Å². The monoisotopic (exact) mass is 240 g/mol. The molecule has 2 nitrogen and oxygen atoms in total. The molecule has 0 radical (unpaired) electrons. The van der Waals surface area contributed by atoms with Gasteiger partial charge in [0, 0.05) is 5.38 Å². The first-order chi connectivity index (χ1) is 7.71. The highest BCUT2D eigenvalue weighted by Crippen LogP contribution is 2.26. The van der Waals surface area contributed by atoms with Crippen LogP contribution in [0.25, 0.3) is 0 Å². The van der Waals surface area contributed by atoms with Gasteiger partial charge in [-0.25, -0.2) is 4.98 Å². The fourth-order valence-electron chi connectivity index (χ4n) is 2.05. The minimum Gasteiger partial charge on any atom is -0.309 e. The van der Waals surface area contributed by atoms with Crippen molar-refractivity contribution >= 4 is 11.3 Å². The largest absolute Gasteiger partial charge is 0.309 e. The molecule has 1 heterocycles. The summed E-state index contributed by atoms with van der Waals surface area (Å²) in [6, 6.07) is 0.444. The topological polar surface area (TPSA) is 24.9 Å². The lowest BCUT2D eigenvalue weighted by Gasteiger charge is -2.21. The number of aryl methyl sites for hydroxylation is 1. The van der Waals surface area contributed by atoms with E-state index in [-0.39, 0.29) is 0 Å². The van der Waals surface area contributed by atoms with Crippen LogP contribution < -0.4 is 5.32 Å². The molecule has 1 N–H and O–H groups in total. The minimum absolute atomic E-state index is 0.444. The van der Waals surface area contributed by atoms with E-state index in [2.05, 4.69) is 43.4 Å². The van der Waals surface area contributed by atoms with Gasteiger partial charge in [0.25, 0.3) is 0 Å². The molecule has 3 heteroatoms. The van der Waals surface area contributed by atoms with Crippen LogP contribution in [-0.4, -0.2) is 11.5 Å². The molecular weight excluding hydrogens is 216 g/mol. The summed E-state index contributed by atoms with van der Waals surface area (Å²) < 4.78 is 0. The van der Waals surface area contributed by atoms with Crippen molar-refractivity contribution in [1.29, 1.82) is 0 Å². The molecule has 1 aromatic rings. The Morgan fingerprint density at radius 3 is 2.44 bits per heavy atom. The Bertz CT molecular complexity index is 292. The summed E-state index contributed by atoms with van der Waals surface area (Å²) in [4.78, 5) is 4.61. The van der Waals surface area contributed by atoms with Crippen molar-refractivity contribution < 1.29 is 0 Å². The smallest absolute Gasteiger partial charge is 0.0898 e. The van der Waals surface area contributed by atoms with Crippen molar-refractivity contribution in [3.05, 3.63) is 16.1 Å². The van der Waals surface area contributed by atoms with Crippen LogP contribution in [0.1, 0.15) is 56.8 Å². The molecule has 0 aromatic carbocycles. The van der Waals surface area contributed by atoms with E-state index in [1.54, 1.807) is 11.3 Å². The zero-order valence-corrected chi connectivity index (χ0v) is 11.7. The second-order valence-corrected chi connectivity index (χ2v) is 5.38. The molecule has 0 saturated carbocycles. The second kappa shape index (κ2) is 7.02. The highest BCUT2D eigenvalue weighted by atomic mass is 32.1. The third-order valence-corrected chi connectivity index (χ3v) is 3.96. The highest BCUT2D eigenvalue weighted by molar-refractivity contribution is 7.09. The standard InChI is InChI=1S/C13H24N2S/c1-5-11(6-2)8-12(14-7-3)13-9-16-10(4)15-13/h9,11-12,14H,5-8H2,1-4H3. The Labute approximate surface area is 103 Å². The molecule has 0 bridgehead atoms. The van der Waals surface area contributed by atoms with Gasteiger partial charge in [0.05, 0.1) is 16.7 Å². The van der Waals surface area contributed by atoms with E-state index in [0.717, 1.165) is 12.5 Å². The normalized spacial score (nSPS) is 13.3. The maximum Gasteiger partial charge on any atom is 0.0898 e. The average molecular weight is 240 g/mol. The van der Waals surface area contributed by atoms with Gasteiger partial charge in [-0.05, 0) is 25.8 Å². The Kier molecular flexibility index (Phi) is 5.99. The van der Waals surface area contributed by atoms with Gasteiger partial charge in [0.15, 0.2) is 0 Å². The SMILES string of the molecule is CCNC(CC(CC)CC)c1csc(C)n1. The fourth-order valence-corrected chi connectivity index (χ4v) is 2.72. The molecule has 1 rings (SSSR count). The molecule has 0 fully saturated rings. The molecule has 1 unspecified atom stereocenters. The number of aromatic nitrogens is 1. The van der Waals surface area contributed by atoms with Crippen LogP contribution in [0.2, 0.25) is 0 Å². The molecule has 0 aliphatic carbocycles. The van der Waals surface area contributed by atoms with E-state index in [1.807, 2.05) is 0 Å². The van der Waals surface area contributed by atoms with Gasteiger partial charge in [-0.1, -0.05) is 33.6 Å². The van der Waals surface area contributed by atoms with Crippen LogP contribution in [0.4, 0.5) is 0 Å². The van der Waals surface area contributed by atoms with Gasteiger partial charge in [-0.15, -0.1) is 11.3 Å². The summed E-state index contributed by atoms with van der Waals surface area (Å²) in [6.45, 7) is 9.82. The van der Waals surface area contributed by atoms with E-state index in [0.29, 0.717) is 6.04 Å². The van der Waals surface area contributed by atoms with Gasteiger partial charge in [0.2, 0.25) is 0 Å². The number of thiazole rings is 1. The number of nitrogens with one attached hydrogen (secondary N) is 1. The summed E-state index contributed by atoms with van der Waals surface area (Å²) >= 11 is 1.75. The summed E-state index contributed by atoms with van der Waals surface area (Å²) in [6.07, 6.45) is 3.74. The Morgan fingerprint density at radius 1 is 1.31 bits per heavy atom. The van der Waals surface area contributed by atoms with Crippen LogP contribution >= 0.6 is 11.3 Å². The van der Waals surface area contributed by atoms with Crippen LogP contribution in [0, 0.1) is 12.8 Å². The van der Waals surface area contributed by atoms with E-state index in [1.165, 1.54) is 30.0 Å². The molecule has 16 heavy (non-hydrogen) atoms. The number of rotatable bonds is 7. The van der Waals surface area contributed by atoms with Crippen molar-refractivity contribution in [3.8, 4) is 0 Å². The van der Waals surface area contributed by atoms with Gasteiger partial charge in [0.1, 0.15) is 0 Å². The highest BCUT2D eigenvalue weighted by Gasteiger charge is 2.17. The number of hydrogen-bond acceptors (Lipinski definition) is 3. The lowest BCUT2D eigenvalue weighted by atomic mass is 9.93. The predicted octanol–water partition coefficient (Wildman–Crippen LogP) is 3.93. The molecule has 0 aliphatic heterocycles. The molecule has 1 atom stereocenters. The average Bonchev–Trinajstić information content (AvgIpc) is 2.71. The third-order valence-electron chi connectivity index (χ3n) is 3.17. The van der Waals surface area contributed by atoms with E-state index in [9.17, 15) is 0 Å². The van der Waals surface area contributed by atoms with Gasteiger partial charge in [-0.2, -0.15) is 0 Å². The maximum atomic E-state index is 4.61. The van der Waals surface area contributed by atoms with Gasteiger partial charge in [-0.3, -0.25) is 0 Å². The first-order valence-corrected chi connectivity index (χ1v) is 7.24. The number of hydrogen-bond donors (Lipinski definition) is 1. The quantitative estimate of drug-likeness (QED) is 0.781. The fraction of sp³-hybridized carbons (Fsp3) is 0.769. The molecule has 92 valence electrons. The second-order valence-electron chi connectivity index (χ2n) is 4.32. The van der Waals surface area contributed by atoms with Crippen LogP contribution in [-0.2, 0) is 0 Å². The van der Waals surface area contributed by atoms with E-state index in [4.69, 9.17) is 0 Å². The van der Waals surface area contributed by atoms with Gasteiger partial charge < -0.3 is 5.32 Å². The van der Waals surface area contributed by atoms with E-state index >= 15 is 0 Å². The zero-order chi connectivity index (χ0) is 12.0. The molecule has 0 saturated heterocycles. The molecule has 0 amide bonds. The minimum atomic E-state index is 0.444. The maximum absolute atomic E-state index is 4.61.